The third kappa shape index (κ3) is 2.81. The van der Waals surface area contributed by atoms with Crippen LogP contribution in [0.25, 0.3) is 0 Å². The van der Waals surface area contributed by atoms with Gasteiger partial charge in [-0.1, -0.05) is 26.0 Å². The van der Waals surface area contributed by atoms with Gasteiger partial charge in [-0.3, -0.25) is 9.59 Å². The Labute approximate surface area is 122 Å². The summed E-state index contributed by atoms with van der Waals surface area (Å²) in [5.41, 5.74) is 12.1. The number of fused-ring (bicyclic) bond motifs is 1. The van der Waals surface area contributed by atoms with Crippen LogP contribution in [0.4, 0.5) is 5.69 Å². The highest BCUT2D eigenvalue weighted by molar-refractivity contribution is 8.00. The Kier molecular flexibility index (Phi) is 4.35. The van der Waals surface area contributed by atoms with E-state index in [9.17, 15) is 9.59 Å². The van der Waals surface area contributed by atoms with Crippen molar-refractivity contribution in [1.82, 2.24) is 0 Å². The van der Waals surface area contributed by atoms with Gasteiger partial charge in [0.1, 0.15) is 6.54 Å². The van der Waals surface area contributed by atoms with E-state index in [4.69, 9.17) is 11.5 Å². The molecule has 0 aliphatic carbocycles. The van der Waals surface area contributed by atoms with Crippen LogP contribution in [0.1, 0.15) is 13.8 Å². The molecule has 20 heavy (non-hydrogen) atoms. The lowest BCUT2D eigenvalue weighted by Crippen LogP contribution is -2.51. The number of hydrogen-bond donors (Lipinski definition) is 2. The lowest BCUT2D eigenvalue weighted by Gasteiger charge is -2.26. The summed E-state index contributed by atoms with van der Waals surface area (Å²) in [6.45, 7) is 3.93. The first-order chi connectivity index (χ1) is 9.41. The lowest BCUT2D eigenvalue weighted by atomic mass is 10.0. The molecular weight excluding hydrogens is 274 g/mol. The van der Waals surface area contributed by atoms with Crippen LogP contribution >= 0.6 is 11.8 Å². The van der Waals surface area contributed by atoms with Crippen molar-refractivity contribution >= 4 is 29.3 Å². The van der Waals surface area contributed by atoms with E-state index in [1.165, 1.54) is 4.90 Å². The second-order valence-corrected chi connectivity index (χ2v) is 6.43. The first-order valence-electron chi connectivity index (χ1n) is 6.52. The Hall–Kier alpha value is -1.53. The molecule has 0 saturated carbocycles. The summed E-state index contributed by atoms with van der Waals surface area (Å²) in [6.07, 6.45) is 0. The number of nitrogens with zero attached hydrogens (tertiary/aromatic N) is 1. The van der Waals surface area contributed by atoms with E-state index in [0.29, 0.717) is 5.69 Å². The van der Waals surface area contributed by atoms with E-state index < -0.39 is 11.9 Å². The molecule has 108 valence electrons. The number of amides is 2. The molecule has 1 aromatic rings. The van der Waals surface area contributed by atoms with Gasteiger partial charge in [-0.25, -0.2) is 0 Å². The summed E-state index contributed by atoms with van der Waals surface area (Å²) in [5, 5.41) is -0.0264. The minimum absolute atomic E-state index is 0.0264. The molecule has 2 atom stereocenters. The highest BCUT2D eigenvalue weighted by atomic mass is 32.2. The molecule has 1 aliphatic rings. The zero-order chi connectivity index (χ0) is 14.9. The molecule has 2 unspecified atom stereocenters. The molecule has 0 saturated heterocycles. The number of hydrogen-bond acceptors (Lipinski definition) is 4. The first kappa shape index (κ1) is 14.9. The van der Waals surface area contributed by atoms with Gasteiger partial charge >= 0.3 is 0 Å². The number of thioether (sulfide) groups is 1. The number of rotatable bonds is 3. The highest BCUT2D eigenvalue weighted by Crippen LogP contribution is 2.39. The summed E-state index contributed by atoms with van der Waals surface area (Å²) in [5.74, 6) is -0.547. The molecule has 0 bridgehead atoms. The summed E-state index contributed by atoms with van der Waals surface area (Å²) in [4.78, 5) is 26.1. The average Bonchev–Trinajstić information content (AvgIpc) is 2.49. The van der Waals surface area contributed by atoms with Gasteiger partial charge in [0.15, 0.2) is 0 Å². The molecule has 6 heteroatoms. The van der Waals surface area contributed by atoms with Crippen LogP contribution < -0.4 is 16.4 Å². The fourth-order valence-electron chi connectivity index (χ4n) is 2.31. The third-order valence-electron chi connectivity index (χ3n) is 3.30. The molecule has 1 heterocycles. The van der Waals surface area contributed by atoms with Gasteiger partial charge in [0.25, 0.3) is 0 Å². The Balaban J connectivity index is 2.48. The summed E-state index contributed by atoms with van der Waals surface area (Å²) >= 11 is 1.59. The molecular formula is C14H19N3O2S. The van der Waals surface area contributed by atoms with Crippen LogP contribution in [0.15, 0.2) is 29.2 Å². The standard InChI is InChI=1S/C14H19N3O2S/c1-8(2)13-12(16)14(19)17(7-11(15)18)9-5-3-4-6-10(9)20-13/h3-6,8,12-13H,7,16H2,1-2H3,(H2,15,18). The van der Waals surface area contributed by atoms with E-state index in [-0.39, 0.29) is 23.6 Å². The van der Waals surface area contributed by atoms with Crippen LogP contribution in [0.5, 0.6) is 0 Å². The van der Waals surface area contributed by atoms with E-state index in [1.54, 1.807) is 11.8 Å². The third-order valence-corrected chi connectivity index (χ3v) is 5.00. The van der Waals surface area contributed by atoms with Crippen molar-refractivity contribution in [2.45, 2.75) is 30.0 Å². The SMILES string of the molecule is CC(C)C1Sc2ccccc2N(CC(N)=O)C(=O)C1N. The number of carbonyl (C=O) groups excluding carboxylic acids is 2. The Morgan fingerprint density at radius 2 is 2.05 bits per heavy atom. The van der Waals surface area contributed by atoms with Crippen molar-refractivity contribution in [2.75, 3.05) is 11.4 Å². The minimum Gasteiger partial charge on any atom is -0.368 e. The molecule has 0 aromatic heterocycles. The molecule has 0 spiro atoms. The minimum atomic E-state index is -0.647. The molecule has 2 amide bonds. The topological polar surface area (TPSA) is 89.4 Å². The van der Waals surface area contributed by atoms with E-state index in [1.807, 2.05) is 38.1 Å². The predicted molar refractivity (Wildman–Crippen MR) is 80.4 cm³/mol. The Morgan fingerprint density at radius 1 is 1.40 bits per heavy atom. The maximum Gasteiger partial charge on any atom is 0.245 e. The smallest absolute Gasteiger partial charge is 0.245 e. The van der Waals surface area contributed by atoms with Crippen molar-refractivity contribution in [3.05, 3.63) is 24.3 Å². The summed E-state index contributed by atoms with van der Waals surface area (Å²) in [7, 11) is 0. The molecule has 0 fully saturated rings. The number of carbonyl (C=O) groups is 2. The van der Waals surface area contributed by atoms with Gasteiger partial charge in [0.05, 0.1) is 11.7 Å². The molecule has 5 nitrogen and oxygen atoms in total. The van der Waals surface area contributed by atoms with Crippen LogP contribution in [-0.4, -0.2) is 29.7 Å². The van der Waals surface area contributed by atoms with Crippen molar-refractivity contribution in [3.63, 3.8) is 0 Å². The quantitative estimate of drug-likeness (QED) is 0.868. The van der Waals surface area contributed by atoms with Gasteiger partial charge < -0.3 is 16.4 Å². The lowest BCUT2D eigenvalue weighted by molar-refractivity contribution is -0.123. The number of primary amides is 1. The van der Waals surface area contributed by atoms with Gasteiger partial charge in [-0.15, -0.1) is 11.8 Å². The fraction of sp³-hybridized carbons (Fsp3) is 0.429. The van der Waals surface area contributed by atoms with Crippen molar-refractivity contribution in [3.8, 4) is 0 Å². The average molecular weight is 293 g/mol. The number of nitrogens with two attached hydrogens (primary N) is 2. The maximum absolute atomic E-state index is 12.5. The second-order valence-electron chi connectivity index (χ2n) is 5.21. The van der Waals surface area contributed by atoms with Crippen LogP contribution in [0.2, 0.25) is 0 Å². The largest absolute Gasteiger partial charge is 0.368 e. The number of para-hydroxylation sites is 1. The van der Waals surface area contributed by atoms with Gasteiger partial charge in [-0.05, 0) is 18.1 Å². The number of anilines is 1. The highest BCUT2D eigenvalue weighted by Gasteiger charge is 2.36. The Bertz CT molecular complexity index is 533. The van der Waals surface area contributed by atoms with Gasteiger partial charge in [-0.2, -0.15) is 0 Å². The van der Waals surface area contributed by atoms with E-state index in [0.717, 1.165) is 4.90 Å². The monoisotopic (exact) mass is 293 g/mol. The maximum atomic E-state index is 12.5. The fourth-order valence-corrected chi connectivity index (χ4v) is 3.59. The Morgan fingerprint density at radius 3 is 2.65 bits per heavy atom. The summed E-state index contributed by atoms with van der Waals surface area (Å²) < 4.78 is 0. The van der Waals surface area contributed by atoms with Gasteiger partial charge in [0.2, 0.25) is 11.8 Å². The van der Waals surface area contributed by atoms with Crippen LogP contribution in [0, 0.1) is 5.92 Å². The number of benzene rings is 1. The van der Waals surface area contributed by atoms with Crippen molar-refractivity contribution < 1.29 is 9.59 Å². The zero-order valence-electron chi connectivity index (χ0n) is 11.6. The second kappa shape index (κ2) is 5.85. The van der Waals surface area contributed by atoms with E-state index in [2.05, 4.69) is 0 Å². The zero-order valence-corrected chi connectivity index (χ0v) is 12.4. The normalized spacial score (nSPS) is 22.6. The van der Waals surface area contributed by atoms with Crippen molar-refractivity contribution in [2.24, 2.45) is 17.4 Å². The predicted octanol–water partition coefficient (Wildman–Crippen LogP) is 0.963. The molecule has 1 aromatic carbocycles. The molecule has 4 N–H and O–H groups in total. The molecule has 2 rings (SSSR count). The summed E-state index contributed by atoms with van der Waals surface area (Å²) in [6, 6.07) is 6.86. The first-order valence-corrected chi connectivity index (χ1v) is 7.40. The van der Waals surface area contributed by atoms with E-state index >= 15 is 0 Å². The van der Waals surface area contributed by atoms with Gasteiger partial charge in [0, 0.05) is 10.1 Å². The van der Waals surface area contributed by atoms with Crippen LogP contribution in [0.3, 0.4) is 0 Å². The van der Waals surface area contributed by atoms with Crippen LogP contribution in [-0.2, 0) is 9.59 Å². The molecule has 1 aliphatic heterocycles. The molecule has 0 radical (unpaired) electrons. The van der Waals surface area contributed by atoms with Crippen molar-refractivity contribution in [1.29, 1.82) is 0 Å².